The lowest BCUT2D eigenvalue weighted by molar-refractivity contribution is 0.198. The molecule has 22 heavy (non-hydrogen) atoms. The van der Waals surface area contributed by atoms with Crippen molar-refractivity contribution in [3.63, 3.8) is 0 Å². The number of aromatic nitrogens is 2. The molecule has 5 nitrogen and oxygen atoms in total. The summed E-state index contributed by atoms with van der Waals surface area (Å²) in [5, 5.41) is 7.18. The number of aryl methyl sites for hydroxylation is 2. The van der Waals surface area contributed by atoms with Crippen LogP contribution in [-0.4, -0.2) is 30.2 Å². The molecule has 0 fully saturated rings. The van der Waals surface area contributed by atoms with E-state index in [4.69, 9.17) is 16.3 Å². The van der Waals surface area contributed by atoms with Gasteiger partial charge in [-0.1, -0.05) is 17.7 Å². The summed E-state index contributed by atoms with van der Waals surface area (Å²) in [5.41, 5.74) is 2.89. The van der Waals surface area contributed by atoms with Crippen molar-refractivity contribution in [3.8, 4) is 0 Å². The van der Waals surface area contributed by atoms with Gasteiger partial charge >= 0.3 is 0 Å². The van der Waals surface area contributed by atoms with Crippen LogP contribution in [0.2, 0.25) is 5.02 Å². The van der Waals surface area contributed by atoms with E-state index >= 15 is 0 Å². The van der Waals surface area contributed by atoms with Crippen molar-refractivity contribution in [2.75, 3.05) is 30.9 Å². The molecule has 0 spiro atoms. The van der Waals surface area contributed by atoms with E-state index in [1.165, 1.54) is 0 Å². The van der Waals surface area contributed by atoms with Crippen LogP contribution in [0.15, 0.2) is 24.3 Å². The van der Waals surface area contributed by atoms with Gasteiger partial charge in [0, 0.05) is 42.7 Å². The molecule has 6 heteroatoms. The number of nitrogens with one attached hydrogen (secondary N) is 2. The molecule has 0 saturated carbocycles. The molecule has 0 amide bonds. The Balaban J connectivity index is 2.10. The Kier molecular flexibility index (Phi) is 5.98. The number of methoxy groups -OCH3 is 1. The highest BCUT2D eigenvalue weighted by atomic mass is 35.5. The van der Waals surface area contributed by atoms with Crippen LogP contribution in [0, 0.1) is 13.8 Å². The Morgan fingerprint density at radius 2 is 2.00 bits per heavy atom. The molecular formula is C16H21ClN4O. The van der Waals surface area contributed by atoms with E-state index in [1.54, 1.807) is 7.11 Å². The Hall–Kier alpha value is -1.85. The molecule has 0 unspecified atom stereocenters. The van der Waals surface area contributed by atoms with Gasteiger partial charge < -0.3 is 15.4 Å². The minimum absolute atomic E-state index is 0.555. The van der Waals surface area contributed by atoms with E-state index in [0.717, 1.165) is 42.3 Å². The highest BCUT2D eigenvalue weighted by molar-refractivity contribution is 6.30. The van der Waals surface area contributed by atoms with E-state index in [-0.39, 0.29) is 0 Å². The molecule has 118 valence electrons. The quantitative estimate of drug-likeness (QED) is 0.757. The maximum atomic E-state index is 6.04. The first-order valence-electron chi connectivity index (χ1n) is 7.20. The summed E-state index contributed by atoms with van der Waals surface area (Å²) in [5.74, 6) is 1.35. The second kappa shape index (κ2) is 7.96. The van der Waals surface area contributed by atoms with E-state index in [0.29, 0.717) is 11.0 Å². The van der Waals surface area contributed by atoms with Crippen molar-refractivity contribution < 1.29 is 4.74 Å². The second-order valence-electron chi connectivity index (χ2n) is 5.08. The van der Waals surface area contributed by atoms with Crippen LogP contribution < -0.4 is 10.6 Å². The molecule has 2 rings (SSSR count). The third-order valence-corrected chi connectivity index (χ3v) is 3.37. The summed E-state index contributed by atoms with van der Waals surface area (Å²) in [6.45, 7) is 5.49. The van der Waals surface area contributed by atoms with Crippen LogP contribution >= 0.6 is 11.6 Å². The summed E-state index contributed by atoms with van der Waals surface area (Å²) in [6, 6.07) is 7.61. The molecule has 0 bridgehead atoms. The summed E-state index contributed by atoms with van der Waals surface area (Å²) in [6.07, 6.45) is 0.926. The molecule has 0 aliphatic rings. The molecule has 0 radical (unpaired) electrons. The first-order valence-corrected chi connectivity index (χ1v) is 7.58. The maximum absolute atomic E-state index is 6.04. The predicted octanol–water partition coefficient (Wildman–Crippen LogP) is 3.94. The maximum Gasteiger partial charge on any atom is 0.229 e. The van der Waals surface area contributed by atoms with Gasteiger partial charge in [0.05, 0.1) is 0 Å². The van der Waals surface area contributed by atoms with Crippen LogP contribution in [0.5, 0.6) is 0 Å². The Bertz CT molecular complexity index is 634. The third kappa shape index (κ3) is 4.86. The summed E-state index contributed by atoms with van der Waals surface area (Å²) in [4.78, 5) is 8.89. The topological polar surface area (TPSA) is 59.1 Å². The fraction of sp³-hybridized carbons (Fsp3) is 0.375. The van der Waals surface area contributed by atoms with Gasteiger partial charge in [-0.2, -0.15) is 4.98 Å². The fourth-order valence-electron chi connectivity index (χ4n) is 2.00. The normalized spacial score (nSPS) is 10.5. The molecule has 0 atom stereocenters. The Labute approximate surface area is 136 Å². The monoisotopic (exact) mass is 320 g/mol. The smallest absolute Gasteiger partial charge is 0.229 e. The number of nitrogens with zero attached hydrogens (tertiary/aromatic N) is 2. The molecule has 0 saturated heterocycles. The summed E-state index contributed by atoms with van der Waals surface area (Å²) in [7, 11) is 1.70. The SMILES string of the molecule is COCCCNc1cc(C)nc(Nc2cc(Cl)ccc2C)n1. The summed E-state index contributed by atoms with van der Waals surface area (Å²) < 4.78 is 5.03. The van der Waals surface area contributed by atoms with Gasteiger partial charge in [0.1, 0.15) is 5.82 Å². The molecular weight excluding hydrogens is 300 g/mol. The van der Waals surface area contributed by atoms with Gasteiger partial charge in [-0.3, -0.25) is 0 Å². The predicted molar refractivity (Wildman–Crippen MR) is 91.2 cm³/mol. The zero-order valence-corrected chi connectivity index (χ0v) is 13.9. The van der Waals surface area contributed by atoms with Crippen molar-refractivity contribution in [1.82, 2.24) is 9.97 Å². The average molecular weight is 321 g/mol. The number of hydrogen-bond acceptors (Lipinski definition) is 5. The first kappa shape index (κ1) is 16.5. The molecule has 2 N–H and O–H groups in total. The number of hydrogen-bond donors (Lipinski definition) is 2. The Morgan fingerprint density at radius 3 is 2.77 bits per heavy atom. The van der Waals surface area contributed by atoms with Crippen LogP contribution in [0.4, 0.5) is 17.5 Å². The summed E-state index contributed by atoms with van der Waals surface area (Å²) >= 11 is 6.04. The van der Waals surface area contributed by atoms with Crippen LogP contribution in [0.3, 0.4) is 0 Å². The average Bonchev–Trinajstić information content (AvgIpc) is 2.47. The van der Waals surface area contributed by atoms with Crippen molar-refractivity contribution >= 4 is 29.1 Å². The molecule has 1 aromatic carbocycles. The zero-order chi connectivity index (χ0) is 15.9. The number of benzene rings is 1. The number of rotatable bonds is 7. The van der Waals surface area contributed by atoms with Gasteiger partial charge in [-0.05, 0) is 38.0 Å². The number of halogens is 1. The fourth-order valence-corrected chi connectivity index (χ4v) is 2.17. The molecule has 1 heterocycles. The zero-order valence-electron chi connectivity index (χ0n) is 13.1. The van der Waals surface area contributed by atoms with Crippen molar-refractivity contribution in [3.05, 3.63) is 40.5 Å². The van der Waals surface area contributed by atoms with Gasteiger partial charge in [0.25, 0.3) is 0 Å². The van der Waals surface area contributed by atoms with Crippen LogP contribution in [0.1, 0.15) is 17.7 Å². The van der Waals surface area contributed by atoms with E-state index in [2.05, 4.69) is 20.6 Å². The Morgan fingerprint density at radius 1 is 1.18 bits per heavy atom. The standard InChI is InChI=1S/C16H21ClN4O/c1-11-5-6-13(17)10-14(11)20-16-19-12(2)9-15(21-16)18-7-4-8-22-3/h5-6,9-10H,4,7-8H2,1-3H3,(H2,18,19,20,21). The number of anilines is 3. The van der Waals surface area contributed by atoms with Crippen LogP contribution in [-0.2, 0) is 4.74 Å². The minimum Gasteiger partial charge on any atom is -0.385 e. The molecule has 0 aliphatic heterocycles. The van der Waals surface area contributed by atoms with E-state index in [9.17, 15) is 0 Å². The third-order valence-electron chi connectivity index (χ3n) is 3.13. The molecule has 0 aliphatic carbocycles. The van der Waals surface area contributed by atoms with E-state index < -0.39 is 0 Å². The van der Waals surface area contributed by atoms with Crippen molar-refractivity contribution in [1.29, 1.82) is 0 Å². The van der Waals surface area contributed by atoms with Gasteiger partial charge in [-0.25, -0.2) is 4.98 Å². The minimum atomic E-state index is 0.555. The van der Waals surface area contributed by atoms with Gasteiger partial charge in [0.15, 0.2) is 0 Å². The lowest BCUT2D eigenvalue weighted by Gasteiger charge is -2.11. The van der Waals surface area contributed by atoms with E-state index in [1.807, 2.05) is 38.1 Å². The lowest BCUT2D eigenvalue weighted by Crippen LogP contribution is -2.08. The van der Waals surface area contributed by atoms with Crippen molar-refractivity contribution in [2.24, 2.45) is 0 Å². The first-order chi connectivity index (χ1) is 10.6. The largest absolute Gasteiger partial charge is 0.385 e. The number of ether oxygens (including phenoxy) is 1. The van der Waals surface area contributed by atoms with Gasteiger partial charge in [-0.15, -0.1) is 0 Å². The lowest BCUT2D eigenvalue weighted by atomic mass is 10.2. The molecule has 2 aromatic rings. The molecule has 1 aromatic heterocycles. The highest BCUT2D eigenvalue weighted by Gasteiger charge is 2.05. The van der Waals surface area contributed by atoms with Crippen molar-refractivity contribution in [2.45, 2.75) is 20.3 Å². The highest BCUT2D eigenvalue weighted by Crippen LogP contribution is 2.23. The van der Waals surface area contributed by atoms with Gasteiger partial charge in [0.2, 0.25) is 5.95 Å². The second-order valence-corrected chi connectivity index (χ2v) is 5.51. The van der Waals surface area contributed by atoms with Crippen LogP contribution in [0.25, 0.3) is 0 Å².